The molecule has 1 aromatic rings. The highest BCUT2D eigenvalue weighted by Gasteiger charge is 2.52. The van der Waals surface area contributed by atoms with E-state index in [1.165, 1.54) is 30.6 Å². The van der Waals surface area contributed by atoms with Gasteiger partial charge in [-0.2, -0.15) is 0 Å². The van der Waals surface area contributed by atoms with Gasteiger partial charge in [0.1, 0.15) is 0 Å². The van der Waals surface area contributed by atoms with Crippen molar-refractivity contribution in [3.8, 4) is 0 Å². The number of thiophene rings is 1. The third-order valence-corrected chi connectivity index (χ3v) is 11.4. The van der Waals surface area contributed by atoms with Crippen molar-refractivity contribution >= 4 is 25.5 Å². The molecule has 0 amide bonds. The average Bonchev–Trinajstić information content (AvgIpc) is 3.04. The smallest absolute Gasteiger partial charge is 0.0774 e. The van der Waals surface area contributed by atoms with Gasteiger partial charge in [0, 0.05) is 9.75 Å². The maximum absolute atomic E-state index is 9.47. The predicted molar refractivity (Wildman–Crippen MR) is 127 cm³/mol. The second-order valence-corrected chi connectivity index (χ2v) is 18.3. The molecule has 28 heavy (non-hydrogen) atoms. The minimum atomic E-state index is -1.43. The van der Waals surface area contributed by atoms with Crippen LogP contribution in [0.4, 0.5) is 0 Å². The lowest BCUT2D eigenvalue weighted by atomic mass is 9.48. The first-order valence-electron chi connectivity index (χ1n) is 11.3. The largest absolute Gasteiger partial charge is 0.391 e. The van der Waals surface area contributed by atoms with E-state index in [0.29, 0.717) is 10.8 Å². The van der Waals surface area contributed by atoms with Crippen LogP contribution in [0.5, 0.6) is 0 Å². The molecule has 3 rings (SSSR count). The molecule has 2 aliphatic rings. The van der Waals surface area contributed by atoms with Gasteiger partial charge >= 0.3 is 0 Å². The Labute approximate surface area is 178 Å². The molecular weight excluding hydrogens is 376 g/mol. The van der Waals surface area contributed by atoms with Crippen LogP contribution in [0.25, 0.3) is 6.08 Å². The van der Waals surface area contributed by atoms with Crippen LogP contribution in [0, 0.1) is 34.5 Å². The molecule has 158 valence electrons. The Morgan fingerprint density at radius 2 is 1.64 bits per heavy atom. The normalized spacial score (nSPS) is 32.8. The van der Waals surface area contributed by atoms with Crippen molar-refractivity contribution < 1.29 is 5.11 Å². The van der Waals surface area contributed by atoms with Gasteiger partial charge in [0.25, 0.3) is 0 Å². The number of fused-ring (bicyclic) bond motifs is 1. The van der Waals surface area contributed by atoms with Crippen molar-refractivity contribution in [3.63, 3.8) is 0 Å². The Balaban J connectivity index is 1.97. The molecule has 1 heterocycles. The minimum Gasteiger partial charge on any atom is -0.391 e. The summed E-state index contributed by atoms with van der Waals surface area (Å²) in [6.45, 7) is 20.4. The maximum Gasteiger partial charge on any atom is 0.0774 e. The van der Waals surface area contributed by atoms with Crippen molar-refractivity contribution in [2.45, 2.75) is 86.5 Å². The number of aliphatic hydroxyl groups is 1. The fourth-order valence-electron chi connectivity index (χ4n) is 6.17. The summed E-state index contributed by atoms with van der Waals surface area (Å²) in [5, 5.41) is 11.2. The molecule has 0 spiro atoms. The van der Waals surface area contributed by atoms with Crippen LogP contribution in [-0.4, -0.2) is 13.2 Å². The maximum atomic E-state index is 9.47. The lowest BCUT2D eigenvalue weighted by Crippen LogP contribution is -2.50. The van der Waals surface area contributed by atoms with E-state index in [1.54, 1.807) is 16.5 Å². The van der Waals surface area contributed by atoms with Gasteiger partial charge in [0.05, 0.1) is 14.7 Å². The number of aliphatic hydroxyl groups excluding tert-OH is 1. The highest BCUT2D eigenvalue weighted by atomic mass is 32.1. The molecule has 3 heteroatoms. The molecule has 4 unspecified atom stereocenters. The molecule has 4 atom stereocenters. The zero-order valence-corrected chi connectivity index (χ0v) is 21.2. The number of rotatable bonds is 4. The summed E-state index contributed by atoms with van der Waals surface area (Å²) in [5.41, 5.74) is 0.961. The van der Waals surface area contributed by atoms with Crippen molar-refractivity contribution in [2.24, 2.45) is 34.5 Å². The summed E-state index contributed by atoms with van der Waals surface area (Å²) in [4.78, 5) is 2.41. The Morgan fingerprint density at radius 1 is 1.07 bits per heavy atom. The third-order valence-electron chi connectivity index (χ3n) is 8.13. The molecule has 0 aromatic carbocycles. The van der Waals surface area contributed by atoms with Crippen LogP contribution in [0.2, 0.25) is 19.6 Å². The summed E-state index contributed by atoms with van der Waals surface area (Å²) < 4.78 is 0. The van der Waals surface area contributed by atoms with E-state index < -0.39 is 8.07 Å². The molecular formula is C25H42OSSi. The fourth-order valence-corrected chi connectivity index (χ4v) is 9.20. The molecule has 0 radical (unpaired) electrons. The second-order valence-electron chi connectivity index (χ2n) is 12.1. The molecule has 1 nitrogen and oxygen atoms in total. The van der Waals surface area contributed by atoms with Gasteiger partial charge in [0.15, 0.2) is 0 Å². The molecule has 1 aromatic heterocycles. The summed E-state index contributed by atoms with van der Waals surface area (Å²) in [5.74, 6) is 3.20. The molecule has 1 N–H and O–H groups in total. The van der Waals surface area contributed by atoms with Gasteiger partial charge in [-0.05, 0) is 78.4 Å². The van der Waals surface area contributed by atoms with E-state index in [0.717, 1.165) is 28.5 Å². The summed E-state index contributed by atoms with van der Waals surface area (Å²) in [6.07, 6.45) is 8.04. The topological polar surface area (TPSA) is 20.2 Å². The molecule has 0 aliphatic heterocycles. The van der Waals surface area contributed by atoms with E-state index in [-0.39, 0.29) is 6.61 Å². The van der Waals surface area contributed by atoms with Crippen molar-refractivity contribution in [2.75, 3.05) is 0 Å². The van der Waals surface area contributed by atoms with Gasteiger partial charge < -0.3 is 5.11 Å². The van der Waals surface area contributed by atoms with E-state index >= 15 is 0 Å². The monoisotopic (exact) mass is 418 g/mol. The van der Waals surface area contributed by atoms with Crippen molar-refractivity contribution in [1.82, 2.24) is 0 Å². The predicted octanol–water partition coefficient (Wildman–Crippen LogP) is 7.63. The van der Waals surface area contributed by atoms with Gasteiger partial charge in [0.2, 0.25) is 0 Å². The summed E-state index contributed by atoms with van der Waals surface area (Å²) in [7, 11) is -1.43. The Bertz CT molecular complexity index is 721. The Morgan fingerprint density at radius 3 is 2.14 bits per heavy atom. The van der Waals surface area contributed by atoms with Gasteiger partial charge in [-0.15, -0.1) is 11.3 Å². The van der Waals surface area contributed by atoms with Gasteiger partial charge in [-0.25, -0.2) is 0 Å². The number of hydrogen-bond acceptors (Lipinski definition) is 2. The van der Waals surface area contributed by atoms with Crippen LogP contribution in [0.3, 0.4) is 0 Å². The van der Waals surface area contributed by atoms with Crippen LogP contribution in [0.15, 0.2) is 17.3 Å². The third kappa shape index (κ3) is 4.37. The van der Waals surface area contributed by atoms with E-state index in [2.05, 4.69) is 72.5 Å². The van der Waals surface area contributed by atoms with E-state index in [1.807, 2.05) is 0 Å². The Hall–Kier alpha value is -0.383. The number of hydrogen-bond donors (Lipinski definition) is 1. The second kappa shape index (κ2) is 7.70. The van der Waals surface area contributed by atoms with Crippen molar-refractivity contribution in [3.05, 3.63) is 27.1 Å². The van der Waals surface area contributed by atoms with Crippen LogP contribution in [-0.2, 0) is 6.61 Å². The highest BCUT2D eigenvalue weighted by molar-refractivity contribution is 7.13. The lowest BCUT2D eigenvalue weighted by Gasteiger charge is -2.58. The van der Waals surface area contributed by atoms with Crippen molar-refractivity contribution in [1.29, 1.82) is 0 Å². The summed E-state index contributed by atoms with van der Waals surface area (Å²) in [6, 6.07) is 4.30. The quantitative estimate of drug-likeness (QED) is 0.498. The zero-order valence-electron chi connectivity index (χ0n) is 19.4. The first-order chi connectivity index (χ1) is 12.8. The average molecular weight is 419 g/mol. The van der Waals surface area contributed by atoms with Crippen LogP contribution >= 0.6 is 11.3 Å². The SMILES string of the molecule is CC1CC2C(CC1C(=Cc1ccc(CO)s1)[Si](C)(C)C)C(C)(C)CCC2(C)C. The molecule has 0 bridgehead atoms. The number of allylic oxidation sites excluding steroid dienone is 1. The molecule has 2 saturated carbocycles. The van der Waals surface area contributed by atoms with Crippen LogP contribution in [0.1, 0.15) is 70.1 Å². The minimum absolute atomic E-state index is 0.160. The first kappa shape index (κ1) is 22.3. The van der Waals surface area contributed by atoms with E-state index in [4.69, 9.17) is 0 Å². The molecule has 2 aliphatic carbocycles. The van der Waals surface area contributed by atoms with Gasteiger partial charge in [-0.3, -0.25) is 0 Å². The van der Waals surface area contributed by atoms with Gasteiger partial charge in [-0.1, -0.05) is 59.5 Å². The lowest BCUT2D eigenvalue weighted by molar-refractivity contribution is -0.0686. The summed E-state index contributed by atoms with van der Waals surface area (Å²) >= 11 is 1.76. The van der Waals surface area contributed by atoms with Crippen LogP contribution < -0.4 is 0 Å². The Kier molecular flexibility index (Phi) is 6.14. The highest BCUT2D eigenvalue weighted by Crippen LogP contribution is 2.60. The molecule has 2 fully saturated rings. The fraction of sp³-hybridized carbons (Fsp3) is 0.760. The molecule has 0 saturated heterocycles. The standard InChI is InChI=1S/C25H42OSSi/c1-17-13-21-22(25(4,5)12-11-24(21,2)3)15-20(17)23(28(6,7)8)14-18-9-10-19(16-26)27-18/h9-10,14,17,20-22,26H,11-13,15-16H2,1-8H3. The zero-order chi connectivity index (χ0) is 20.9. The van der Waals surface area contributed by atoms with E-state index in [9.17, 15) is 5.11 Å². The first-order valence-corrected chi connectivity index (χ1v) is 15.6.